The number of pyridine rings is 1. The van der Waals surface area contributed by atoms with Crippen molar-refractivity contribution in [1.82, 2.24) is 4.98 Å². The van der Waals surface area contributed by atoms with Gasteiger partial charge in [0, 0.05) is 23.4 Å². The first-order chi connectivity index (χ1) is 13.1. The molecule has 0 fully saturated rings. The van der Waals surface area contributed by atoms with Crippen LogP contribution in [0.25, 0.3) is 22.2 Å². The standard InChI is InChI=1S/C21H19NO5/c1-12-8-13(4-5-18(12)25-2)16-9-15(21(23)24)14-10-19-20(11-17(14)22-16)27-7-3-6-26-19/h4-5,8-11H,3,6-7H2,1-2H3,(H,23,24). The Morgan fingerprint density at radius 3 is 2.52 bits per heavy atom. The molecule has 1 aromatic heterocycles. The topological polar surface area (TPSA) is 77.9 Å². The van der Waals surface area contributed by atoms with Crippen molar-refractivity contribution < 1.29 is 24.1 Å². The summed E-state index contributed by atoms with van der Waals surface area (Å²) in [6, 6.07) is 10.7. The Morgan fingerprint density at radius 1 is 1.11 bits per heavy atom. The summed E-state index contributed by atoms with van der Waals surface area (Å²) >= 11 is 0. The van der Waals surface area contributed by atoms with Crippen LogP contribution in [0.5, 0.6) is 17.2 Å². The number of methoxy groups -OCH3 is 1. The van der Waals surface area contributed by atoms with Crippen molar-refractivity contribution in [3.8, 4) is 28.5 Å². The molecule has 6 nitrogen and oxygen atoms in total. The smallest absolute Gasteiger partial charge is 0.336 e. The molecule has 4 rings (SSSR count). The van der Waals surface area contributed by atoms with Gasteiger partial charge < -0.3 is 19.3 Å². The first-order valence-electron chi connectivity index (χ1n) is 8.69. The van der Waals surface area contributed by atoms with Crippen LogP contribution < -0.4 is 14.2 Å². The van der Waals surface area contributed by atoms with Crippen LogP contribution in [-0.4, -0.2) is 36.4 Å². The van der Waals surface area contributed by atoms with Gasteiger partial charge in [0.15, 0.2) is 11.5 Å². The molecule has 0 saturated carbocycles. The maximum absolute atomic E-state index is 11.9. The second-order valence-corrected chi connectivity index (χ2v) is 6.41. The van der Waals surface area contributed by atoms with E-state index in [-0.39, 0.29) is 5.56 Å². The SMILES string of the molecule is COc1ccc(-c2cc(C(=O)O)c3cc4c(cc3n2)OCCCO4)cc1C. The van der Waals surface area contributed by atoms with Crippen LogP contribution in [0.15, 0.2) is 36.4 Å². The average Bonchev–Trinajstić information content (AvgIpc) is 2.90. The summed E-state index contributed by atoms with van der Waals surface area (Å²) in [5.74, 6) is 0.904. The molecule has 0 amide bonds. The molecule has 27 heavy (non-hydrogen) atoms. The van der Waals surface area contributed by atoms with Crippen molar-refractivity contribution in [2.75, 3.05) is 20.3 Å². The van der Waals surface area contributed by atoms with Gasteiger partial charge >= 0.3 is 5.97 Å². The number of hydrogen-bond acceptors (Lipinski definition) is 5. The average molecular weight is 365 g/mol. The first-order valence-corrected chi connectivity index (χ1v) is 8.69. The Bertz CT molecular complexity index is 1040. The van der Waals surface area contributed by atoms with Crippen molar-refractivity contribution in [2.45, 2.75) is 13.3 Å². The lowest BCUT2D eigenvalue weighted by Gasteiger charge is -2.12. The highest BCUT2D eigenvalue weighted by Gasteiger charge is 2.18. The van der Waals surface area contributed by atoms with Gasteiger partial charge in [-0.1, -0.05) is 0 Å². The molecule has 0 unspecified atom stereocenters. The number of carboxylic acid groups (broad SMARTS) is 1. The van der Waals surface area contributed by atoms with E-state index >= 15 is 0 Å². The van der Waals surface area contributed by atoms with Gasteiger partial charge in [-0.15, -0.1) is 0 Å². The van der Waals surface area contributed by atoms with Gasteiger partial charge in [-0.05, 0) is 42.8 Å². The molecule has 0 radical (unpaired) electrons. The Labute approximate surface area is 156 Å². The number of aromatic nitrogens is 1. The fourth-order valence-corrected chi connectivity index (χ4v) is 3.25. The molecule has 138 valence electrons. The summed E-state index contributed by atoms with van der Waals surface area (Å²) < 4.78 is 16.7. The quantitative estimate of drug-likeness (QED) is 0.754. The molecule has 2 aromatic carbocycles. The third kappa shape index (κ3) is 3.14. The zero-order chi connectivity index (χ0) is 19.0. The van der Waals surface area contributed by atoms with Crippen LogP contribution in [0.3, 0.4) is 0 Å². The lowest BCUT2D eigenvalue weighted by atomic mass is 10.0. The van der Waals surface area contributed by atoms with Crippen LogP contribution in [0.4, 0.5) is 0 Å². The van der Waals surface area contributed by atoms with Gasteiger partial charge in [0.25, 0.3) is 0 Å². The zero-order valence-corrected chi connectivity index (χ0v) is 15.1. The predicted molar refractivity (Wildman–Crippen MR) is 101 cm³/mol. The number of hydrogen-bond donors (Lipinski definition) is 1. The normalized spacial score (nSPS) is 13.3. The minimum Gasteiger partial charge on any atom is -0.496 e. The van der Waals surface area contributed by atoms with Crippen molar-refractivity contribution in [1.29, 1.82) is 0 Å². The molecule has 0 aliphatic carbocycles. The minimum absolute atomic E-state index is 0.180. The Balaban J connectivity index is 1.92. The molecule has 1 aliphatic rings. The van der Waals surface area contributed by atoms with Gasteiger partial charge in [0.05, 0.1) is 37.1 Å². The van der Waals surface area contributed by atoms with Crippen molar-refractivity contribution in [3.05, 3.63) is 47.5 Å². The van der Waals surface area contributed by atoms with E-state index < -0.39 is 5.97 Å². The van der Waals surface area contributed by atoms with E-state index in [1.54, 1.807) is 25.3 Å². The third-order valence-electron chi connectivity index (χ3n) is 4.60. The number of rotatable bonds is 3. The lowest BCUT2D eigenvalue weighted by Crippen LogP contribution is -2.02. The molecule has 1 aliphatic heterocycles. The molecular formula is C21H19NO5. The molecule has 0 saturated heterocycles. The van der Waals surface area contributed by atoms with E-state index in [0.717, 1.165) is 23.3 Å². The number of nitrogens with zero attached hydrogens (tertiary/aromatic N) is 1. The molecule has 0 atom stereocenters. The molecular weight excluding hydrogens is 346 g/mol. The fraction of sp³-hybridized carbons (Fsp3) is 0.238. The third-order valence-corrected chi connectivity index (χ3v) is 4.60. The monoisotopic (exact) mass is 365 g/mol. The number of carbonyl (C=O) groups is 1. The number of ether oxygens (including phenoxy) is 3. The zero-order valence-electron chi connectivity index (χ0n) is 15.1. The number of aryl methyl sites for hydroxylation is 1. The van der Waals surface area contributed by atoms with E-state index in [9.17, 15) is 9.90 Å². The predicted octanol–water partition coefficient (Wildman–Crippen LogP) is 4.08. The van der Waals surface area contributed by atoms with Gasteiger partial charge in [-0.3, -0.25) is 0 Å². The highest BCUT2D eigenvalue weighted by molar-refractivity contribution is 6.04. The second kappa shape index (κ2) is 6.79. The van der Waals surface area contributed by atoms with Gasteiger partial charge in [0.2, 0.25) is 0 Å². The maximum Gasteiger partial charge on any atom is 0.336 e. The van der Waals surface area contributed by atoms with E-state index in [4.69, 9.17) is 14.2 Å². The van der Waals surface area contributed by atoms with Crippen molar-refractivity contribution >= 4 is 16.9 Å². The molecule has 0 spiro atoms. The van der Waals surface area contributed by atoms with Crippen LogP contribution in [-0.2, 0) is 0 Å². The number of fused-ring (bicyclic) bond motifs is 2. The summed E-state index contributed by atoms with van der Waals surface area (Å²) in [7, 11) is 1.62. The largest absolute Gasteiger partial charge is 0.496 e. The highest BCUT2D eigenvalue weighted by Crippen LogP contribution is 2.36. The van der Waals surface area contributed by atoms with E-state index in [1.165, 1.54) is 0 Å². The van der Waals surface area contributed by atoms with Gasteiger partial charge in [-0.25, -0.2) is 9.78 Å². The molecule has 6 heteroatoms. The Hall–Kier alpha value is -3.28. The molecule has 3 aromatic rings. The number of carboxylic acids is 1. The number of benzene rings is 2. The summed E-state index contributed by atoms with van der Waals surface area (Å²) in [6.07, 6.45) is 0.778. The summed E-state index contributed by atoms with van der Waals surface area (Å²) in [4.78, 5) is 16.6. The second-order valence-electron chi connectivity index (χ2n) is 6.41. The first kappa shape index (κ1) is 17.1. The maximum atomic E-state index is 11.9. The van der Waals surface area contributed by atoms with Crippen LogP contribution in [0, 0.1) is 6.92 Å². The van der Waals surface area contributed by atoms with Crippen molar-refractivity contribution in [2.24, 2.45) is 0 Å². The van der Waals surface area contributed by atoms with Gasteiger partial charge in [0.1, 0.15) is 5.75 Å². The number of aromatic carboxylic acids is 1. The van der Waals surface area contributed by atoms with Crippen molar-refractivity contribution in [3.63, 3.8) is 0 Å². The molecule has 2 heterocycles. The minimum atomic E-state index is -1.01. The molecule has 0 bridgehead atoms. The summed E-state index contributed by atoms with van der Waals surface area (Å²) in [5, 5.41) is 10.3. The van der Waals surface area contributed by atoms with E-state index in [0.29, 0.717) is 41.3 Å². The Kier molecular flexibility index (Phi) is 4.32. The lowest BCUT2D eigenvalue weighted by molar-refractivity contribution is 0.0699. The molecule has 1 N–H and O–H groups in total. The van der Waals surface area contributed by atoms with E-state index in [1.807, 2.05) is 25.1 Å². The van der Waals surface area contributed by atoms with Crippen LogP contribution >= 0.6 is 0 Å². The van der Waals surface area contributed by atoms with Crippen LogP contribution in [0.1, 0.15) is 22.3 Å². The van der Waals surface area contributed by atoms with Gasteiger partial charge in [-0.2, -0.15) is 0 Å². The summed E-state index contributed by atoms with van der Waals surface area (Å²) in [6.45, 7) is 3.03. The Morgan fingerprint density at radius 2 is 1.85 bits per heavy atom. The fourth-order valence-electron chi connectivity index (χ4n) is 3.25. The van der Waals surface area contributed by atoms with E-state index in [2.05, 4.69) is 4.98 Å². The highest BCUT2D eigenvalue weighted by atomic mass is 16.5. The van der Waals surface area contributed by atoms with Crippen LogP contribution in [0.2, 0.25) is 0 Å². The summed E-state index contributed by atoms with van der Waals surface area (Å²) in [5.41, 5.74) is 3.10.